The molecular weight excluding hydrogens is 476 g/mol. The summed E-state index contributed by atoms with van der Waals surface area (Å²) >= 11 is 0. The van der Waals surface area contributed by atoms with Crippen LogP contribution in [0.15, 0.2) is 30.3 Å². The van der Waals surface area contributed by atoms with Crippen LogP contribution in [0.1, 0.15) is 100 Å². The Bertz CT molecular complexity index is 870. The van der Waals surface area contributed by atoms with Crippen LogP contribution in [0.3, 0.4) is 0 Å². The fourth-order valence-corrected chi connectivity index (χ4v) is 5.36. The number of amides is 2. The largest absolute Gasteiger partial charge is 0.464 e. The number of hydrogen-bond acceptors (Lipinski definition) is 4. The lowest BCUT2D eigenvalue weighted by atomic mass is 9.76. The van der Waals surface area contributed by atoms with E-state index < -0.39 is 24.0 Å². The molecule has 6 nitrogen and oxygen atoms in total. The van der Waals surface area contributed by atoms with Gasteiger partial charge in [0.15, 0.2) is 0 Å². The molecule has 0 fully saturated rings. The lowest BCUT2D eigenvalue weighted by molar-refractivity contribution is -0.147. The second-order valence-corrected chi connectivity index (χ2v) is 13.5. The molecule has 0 aliphatic heterocycles. The van der Waals surface area contributed by atoms with Gasteiger partial charge >= 0.3 is 5.97 Å². The summed E-state index contributed by atoms with van der Waals surface area (Å²) in [4.78, 5) is 39.2. The molecule has 3 unspecified atom stereocenters. The Kier molecular flexibility index (Phi) is 13.5. The molecule has 0 aliphatic carbocycles. The standard InChI is InChI=1S/C32H54N2O4/c1-11-38-30(37)27(19-25-15-13-12-14-16-25)34-28(35)24(4)33-29(36)26(23(3)21-32(8,9)10)18-17-22(2)20-31(5,6)7/h12-16,22-24,26-27H,11,17-21H2,1-10H3,(H,33,36)(H,34,35)/t22?,23?,24-,26?,27-/m0/s1. The van der Waals surface area contributed by atoms with E-state index in [1.54, 1.807) is 13.8 Å². The van der Waals surface area contributed by atoms with Gasteiger partial charge in [0.05, 0.1) is 6.61 Å². The summed E-state index contributed by atoms with van der Waals surface area (Å²) in [6.07, 6.45) is 4.09. The normalized spacial score (nSPS) is 16.1. The number of benzene rings is 1. The van der Waals surface area contributed by atoms with E-state index in [2.05, 4.69) is 66.0 Å². The molecule has 0 radical (unpaired) electrons. The highest BCUT2D eigenvalue weighted by Gasteiger charge is 2.32. The van der Waals surface area contributed by atoms with Gasteiger partial charge in [-0.2, -0.15) is 0 Å². The number of ether oxygens (including phenoxy) is 1. The third-order valence-electron chi connectivity index (χ3n) is 6.81. The first-order valence-electron chi connectivity index (χ1n) is 14.3. The van der Waals surface area contributed by atoms with Gasteiger partial charge in [-0.3, -0.25) is 9.59 Å². The molecule has 0 bridgehead atoms. The van der Waals surface area contributed by atoms with Crippen LogP contribution in [-0.2, 0) is 25.5 Å². The van der Waals surface area contributed by atoms with Crippen molar-refractivity contribution in [1.29, 1.82) is 0 Å². The molecule has 38 heavy (non-hydrogen) atoms. The van der Waals surface area contributed by atoms with Gasteiger partial charge in [-0.15, -0.1) is 0 Å². The highest BCUT2D eigenvalue weighted by atomic mass is 16.5. The smallest absolute Gasteiger partial charge is 0.328 e. The zero-order valence-electron chi connectivity index (χ0n) is 25.6. The Morgan fingerprint density at radius 1 is 0.816 bits per heavy atom. The minimum Gasteiger partial charge on any atom is -0.464 e. The molecule has 1 aromatic rings. The zero-order chi connectivity index (χ0) is 29.1. The van der Waals surface area contributed by atoms with Gasteiger partial charge in [0.2, 0.25) is 11.8 Å². The molecule has 5 atom stereocenters. The van der Waals surface area contributed by atoms with Crippen LogP contribution < -0.4 is 10.6 Å². The number of carbonyl (C=O) groups is 3. The molecule has 0 aromatic heterocycles. The van der Waals surface area contributed by atoms with E-state index in [0.29, 0.717) is 12.3 Å². The Labute approximate surface area is 232 Å². The lowest BCUT2D eigenvalue weighted by Crippen LogP contribution is -2.52. The number of nitrogens with one attached hydrogen (secondary N) is 2. The first-order valence-corrected chi connectivity index (χ1v) is 14.3. The van der Waals surface area contributed by atoms with Crippen molar-refractivity contribution in [1.82, 2.24) is 10.6 Å². The van der Waals surface area contributed by atoms with Crippen molar-refractivity contribution in [3.63, 3.8) is 0 Å². The minimum absolute atomic E-state index is 0.0943. The fraction of sp³-hybridized carbons (Fsp3) is 0.719. The zero-order valence-corrected chi connectivity index (χ0v) is 25.6. The summed E-state index contributed by atoms with van der Waals surface area (Å²) in [6.45, 7) is 21.4. The van der Waals surface area contributed by atoms with Crippen molar-refractivity contribution in [3.05, 3.63) is 35.9 Å². The van der Waals surface area contributed by atoms with Crippen molar-refractivity contribution in [2.45, 2.75) is 113 Å². The Morgan fingerprint density at radius 2 is 1.39 bits per heavy atom. The van der Waals surface area contributed by atoms with Gasteiger partial charge in [0, 0.05) is 12.3 Å². The Hall–Kier alpha value is -2.37. The van der Waals surface area contributed by atoms with E-state index in [1.165, 1.54) is 0 Å². The molecule has 0 heterocycles. The monoisotopic (exact) mass is 530 g/mol. The summed E-state index contributed by atoms with van der Waals surface area (Å²) in [5.41, 5.74) is 1.26. The van der Waals surface area contributed by atoms with Crippen LogP contribution in [-0.4, -0.2) is 36.5 Å². The van der Waals surface area contributed by atoms with Crippen LogP contribution in [0.5, 0.6) is 0 Å². The second kappa shape index (κ2) is 15.3. The van der Waals surface area contributed by atoms with Crippen LogP contribution >= 0.6 is 0 Å². The highest BCUT2D eigenvalue weighted by molar-refractivity contribution is 5.91. The first-order chi connectivity index (χ1) is 17.5. The molecule has 2 amide bonds. The molecule has 1 rings (SSSR count). The molecule has 6 heteroatoms. The van der Waals surface area contributed by atoms with Crippen molar-refractivity contribution in [3.8, 4) is 0 Å². The lowest BCUT2D eigenvalue weighted by Gasteiger charge is -2.31. The van der Waals surface area contributed by atoms with E-state index in [1.807, 2.05) is 30.3 Å². The number of carbonyl (C=O) groups excluding carboxylic acids is 3. The fourth-order valence-electron chi connectivity index (χ4n) is 5.36. The molecule has 2 N–H and O–H groups in total. The van der Waals surface area contributed by atoms with E-state index in [0.717, 1.165) is 31.2 Å². The molecule has 0 spiro atoms. The number of esters is 1. The van der Waals surface area contributed by atoms with E-state index in [4.69, 9.17) is 4.74 Å². The SMILES string of the molecule is CCOC(=O)[C@H](Cc1ccccc1)NC(=O)[C@H](C)NC(=O)C(CCC(C)CC(C)(C)C)C(C)CC(C)(C)C. The van der Waals surface area contributed by atoms with E-state index in [-0.39, 0.29) is 35.2 Å². The van der Waals surface area contributed by atoms with Crippen LogP contribution in [0, 0.1) is 28.6 Å². The van der Waals surface area contributed by atoms with E-state index in [9.17, 15) is 14.4 Å². The average Bonchev–Trinajstić information content (AvgIpc) is 2.77. The predicted molar refractivity (Wildman–Crippen MR) is 156 cm³/mol. The maximum atomic E-state index is 13.5. The third kappa shape index (κ3) is 13.4. The van der Waals surface area contributed by atoms with Gasteiger partial charge < -0.3 is 15.4 Å². The quantitative estimate of drug-likeness (QED) is 0.276. The van der Waals surface area contributed by atoms with Gasteiger partial charge in [-0.25, -0.2) is 4.79 Å². The first kappa shape index (κ1) is 33.7. The van der Waals surface area contributed by atoms with E-state index >= 15 is 0 Å². The van der Waals surface area contributed by atoms with Crippen molar-refractivity contribution in [2.24, 2.45) is 28.6 Å². The van der Waals surface area contributed by atoms with Gasteiger partial charge in [0.1, 0.15) is 12.1 Å². The molecule has 216 valence electrons. The molecule has 0 aliphatic rings. The number of rotatable bonds is 14. The summed E-state index contributed by atoms with van der Waals surface area (Å²) in [7, 11) is 0. The van der Waals surface area contributed by atoms with Crippen molar-refractivity contribution >= 4 is 17.8 Å². The molecule has 1 aromatic carbocycles. The van der Waals surface area contributed by atoms with Gasteiger partial charge in [-0.05, 0) is 67.8 Å². The second-order valence-electron chi connectivity index (χ2n) is 13.5. The molecular formula is C32H54N2O4. The number of hydrogen-bond donors (Lipinski definition) is 2. The highest BCUT2D eigenvalue weighted by Crippen LogP contribution is 2.33. The predicted octanol–water partition coefficient (Wildman–Crippen LogP) is 6.32. The van der Waals surface area contributed by atoms with Crippen LogP contribution in [0.25, 0.3) is 0 Å². The summed E-state index contributed by atoms with van der Waals surface area (Å²) < 4.78 is 5.20. The maximum Gasteiger partial charge on any atom is 0.328 e. The van der Waals surface area contributed by atoms with Crippen molar-refractivity contribution in [2.75, 3.05) is 6.61 Å². The van der Waals surface area contributed by atoms with Gasteiger partial charge in [0.25, 0.3) is 0 Å². The minimum atomic E-state index is -0.821. The Morgan fingerprint density at radius 3 is 1.92 bits per heavy atom. The summed E-state index contributed by atoms with van der Waals surface area (Å²) in [5.74, 6) is -0.461. The molecule has 0 saturated carbocycles. The van der Waals surface area contributed by atoms with Gasteiger partial charge in [-0.1, -0.05) is 85.7 Å². The summed E-state index contributed by atoms with van der Waals surface area (Å²) in [6, 6.07) is 7.91. The average molecular weight is 531 g/mol. The van der Waals surface area contributed by atoms with Crippen molar-refractivity contribution < 1.29 is 19.1 Å². The summed E-state index contributed by atoms with van der Waals surface area (Å²) in [5, 5.41) is 5.76. The molecule has 0 saturated heterocycles. The Balaban J connectivity index is 2.93. The van der Waals surface area contributed by atoms with Crippen LogP contribution in [0.2, 0.25) is 0 Å². The topological polar surface area (TPSA) is 84.5 Å². The maximum absolute atomic E-state index is 13.5. The third-order valence-corrected chi connectivity index (χ3v) is 6.81. The van der Waals surface area contributed by atoms with Crippen LogP contribution in [0.4, 0.5) is 0 Å².